The molecule has 2 aromatic carbocycles. The number of hydrogen-bond donors (Lipinski definition) is 1. The molecule has 2 saturated heterocycles. The van der Waals surface area contributed by atoms with Crippen molar-refractivity contribution in [2.45, 2.75) is 56.4 Å². The number of hydrogen-bond acceptors (Lipinski definition) is 3. The highest BCUT2D eigenvalue weighted by Gasteiger charge is 2.42. The van der Waals surface area contributed by atoms with Gasteiger partial charge in [0.2, 0.25) is 11.8 Å². The molecule has 1 aliphatic carbocycles. The summed E-state index contributed by atoms with van der Waals surface area (Å²) in [5, 5.41) is 1.86. The van der Waals surface area contributed by atoms with Gasteiger partial charge in [-0.05, 0) is 88.4 Å². The Kier molecular flexibility index (Phi) is 7.19. The van der Waals surface area contributed by atoms with Crippen LogP contribution < -0.4 is 0 Å². The lowest BCUT2D eigenvalue weighted by molar-refractivity contribution is -0.143. The number of carbonyl (C=O) groups is 2. The van der Waals surface area contributed by atoms with E-state index in [0.29, 0.717) is 6.54 Å². The van der Waals surface area contributed by atoms with Gasteiger partial charge in [-0.1, -0.05) is 41.9 Å². The molecule has 2 amide bonds. The predicted octanol–water partition coefficient (Wildman–Crippen LogP) is 5.56. The van der Waals surface area contributed by atoms with Crippen molar-refractivity contribution in [3.8, 4) is 0 Å². The van der Waals surface area contributed by atoms with Gasteiger partial charge < -0.3 is 14.8 Å². The Morgan fingerprint density at radius 2 is 1.72 bits per heavy atom. The molecular formula is C32H39ClN4O2. The Morgan fingerprint density at radius 1 is 0.949 bits per heavy atom. The standard InChI is InChI=1S/C32H39ClN4O2/c1-35(2)32(23-9-4-3-5-10-23)15-18-36(19-16-32)30(38)22-8-7-17-37(21-22)31(39)26-12-6-11-25-27-20-24(33)13-14-28(27)34-29(25)26/h3-5,9-10,13-14,20,22,26,34H,6-8,11-12,15-19,21H2,1-2H3. The molecule has 2 fully saturated rings. The van der Waals surface area contributed by atoms with Gasteiger partial charge in [-0.2, -0.15) is 0 Å². The quantitative estimate of drug-likeness (QED) is 0.466. The molecule has 7 heteroatoms. The Balaban J connectivity index is 1.14. The van der Waals surface area contributed by atoms with E-state index in [-0.39, 0.29) is 29.2 Å². The molecule has 2 unspecified atom stereocenters. The van der Waals surface area contributed by atoms with E-state index in [1.165, 1.54) is 11.1 Å². The molecule has 2 aliphatic heterocycles. The molecule has 39 heavy (non-hydrogen) atoms. The molecule has 3 aliphatic rings. The Hall–Kier alpha value is -2.83. The number of halogens is 1. The molecule has 0 bridgehead atoms. The second-order valence-electron chi connectivity index (χ2n) is 11.9. The number of H-pyrrole nitrogens is 1. The van der Waals surface area contributed by atoms with Gasteiger partial charge in [0, 0.05) is 53.3 Å². The highest BCUT2D eigenvalue weighted by atomic mass is 35.5. The van der Waals surface area contributed by atoms with E-state index in [1.54, 1.807) is 0 Å². The summed E-state index contributed by atoms with van der Waals surface area (Å²) >= 11 is 6.28. The van der Waals surface area contributed by atoms with Crippen molar-refractivity contribution in [1.82, 2.24) is 19.7 Å². The smallest absolute Gasteiger partial charge is 0.231 e. The predicted molar refractivity (Wildman–Crippen MR) is 156 cm³/mol. The fraction of sp³-hybridized carbons (Fsp3) is 0.500. The monoisotopic (exact) mass is 546 g/mol. The zero-order valence-corrected chi connectivity index (χ0v) is 23.8. The number of nitrogens with zero attached hydrogens (tertiary/aromatic N) is 3. The summed E-state index contributed by atoms with van der Waals surface area (Å²) in [6.07, 6.45) is 6.37. The van der Waals surface area contributed by atoms with Gasteiger partial charge in [0.25, 0.3) is 0 Å². The number of benzene rings is 2. The maximum atomic E-state index is 13.9. The van der Waals surface area contributed by atoms with Crippen molar-refractivity contribution in [3.63, 3.8) is 0 Å². The number of rotatable bonds is 4. The normalized spacial score (nSPS) is 23.2. The third-order valence-electron chi connectivity index (χ3n) is 9.62. The first-order valence-electron chi connectivity index (χ1n) is 14.5. The van der Waals surface area contributed by atoms with Crippen LogP contribution in [-0.2, 0) is 21.5 Å². The third kappa shape index (κ3) is 4.76. The van der Waals surface area contributed by atoms with Gasteiger partial charge in [0.05, 0.1) is 11.8 Å². The summed E-state index contributed by atoms with van der Waals surface area (Å²) in [7, 11) is 4.29. The zero-order chi connectivity index (χ0) is 27.1. The summed E-state index contributed by atoms with van der Waals surface area (Å²) < 4.78 is 0. The fourth-order valence-electron chi connectivity index (χ4n) is 7.38. The summed E-state index contributed by atoms with van der Waals surface area (Å²) in [5.74, 6) is 0.101. The van der Waals surface area contributed by atoms with E-state index in [1.807, 2.05) is 23.1 Å². The zero-order valence-electron chi connectivity index (χ0n) is 23.1. The van der Waals surface area contributed by atoms with Crippen LogP contribution in [0.25, 0.3) is 10.9 Å². The van der Waals surface area contributed by atoms with E-state index in [2.05, 4.69) is 59.2 Å². The minimum Gasteiger partial charge on any atom is -0.357 e. The van der Waals surface area contributed by atoms with Crippen molar-refractivity contribution in [2.75, 3.05) is 40.3 Å². The van der Waals surface area contributed by atoms with Crippen molar-refractivity contribution in [1.29, 1.82) is 0 Å². The number of fused-ring (bicyclic) bond motifs is 3. The molecule has 1 aromatic heterocycles. The molecular weight excluding hydrogens is 508 g/mol. The minimum absolute atomic E-state index is 0.0465. The lowest BCUT2D eigenvalue weighted by Gasteiger charge is -2.47. The average Bonchev–Trinajstić information content (AvgIpc) is 3.35. The van der Waals surface area contributed by atoms with Gasteiger partial charge >= 0.3 is 0 Å². The van der Waals surface area contributed by atoms with Gasteiger partial charge in [-0.3, -0.25) is 14.5 Å². The number of nitrogens with one attached hydrogen (secondary N) is 1. The number of amides is 2. The second-order valence-corrected chi connectivity index (χ2v) is 12.3. The van der Waals surface area contributed by atoms with Crippen molar-refractivity contribution < 1.29 is 9.59 Å². The molecule has 0 radical (unpaired) electrons. The van der Waals surface area contributed by atoms with Crippen LogP contribution in [0.1, 0.15) is 61.3 Å². The van der Waals surface area contributed by atoms with Crippen LogP contribution in [0, 0.1) is 5.92 Å². The number of piperidine rings is 2. The second kappa shape index (κ2) is 10.6. The summed E-state index contributed by atoms with van der Waals surface area (Å²) in [6.45, 7) is 2.77. The molecule has 3 heterocycles. The average molecular weight is 547 g/mol. The molecule has 2 atom stereocenters. The minimum atomic E-state index is -0.171. The van der Waals surface area contributed by atoms with Crippen molar-refractivity contribution >= 4 is 34.3 Å². The lowest BCUT2D eigenvalue weighted by atomic mass is 9.79. The first-order valence-corrected chi connectivity index (χ1v) is 14.9. The SMILES string of the molecule is CN(C)C1(c2ccccc2)CCN(C(=O)C2CCCN(C(=O)C3CCCc4c3[nH]c3ccc(Cl)cc43)C2)CC1. The number of aromatic nitrogens is 1. The van der Waals surface area contributed by atoms with Crippen LogP contribution in [0.4, 0.5) is 0 Å². The largest absolute Gasteiger partial charge is 0.357 e. The highest BCUT2D eigenvalue weighted by molar-refractivity contribution is 6.31. The van der Waals surface area contributed by atoms with E-state index in [9.17, 15) is 9.59 Å². The summed E-state index contributed by atoms with van der Waals surface area (Å²) in [6, 6.07) is 16.6. The first kappa shape index (κ1) is 26.4. The van der Waals surface area contributed by atoms with Crippen LogP contribution >= 0.6 is 11.6 Å². The highest BCUT2D eigenvalue weighted by Crippen LogP contribution is 2.40. The molecule has 6 nitrogen and oxygen atoms in total. The van der Waals surface area contributed by atoms with E-state index >= 15 is 0 Å². The topological polar surface area (TPSA) is 59.6 Å². The lowest BCUT2D eigenvalue weighted by Crippen LogP contribution is -2.54. The van der Waals surface area contributed by atoms with Gasteiger partial charge in [-0.25, -0.2) is 0 Å². The molecule has 1 N–H and O–H groups in total. The summed E-state index contributed by atoms with van der Waals surface area (Å²) in [5.41, 5.74) is 4.61. The van der Waals surface area contributed by atoms with Crippen LogP contribution in [-0.4, -0.2) is 71.8 Å². The van der Waals surface area contributed by atoms with Crippen molar-refractivity contribution in [3.05, 3.63) is 70.4 Å². The molecule has 3 aromatic rings. The molecule has 206 valence electrons. The van der Waals surface area contributed by atoms with Gasteiger partial charge in [0.1, 0.15) is 0 Å². The Labute approximate surface area is 236 Å². The maximum Gasteiger partial charge on any atom is 0.231 e. The van der Waals surface area contributed by atoms with E-state index in [4.69, 9.17) is 11.6 Å². The van der Waals surface area contributed by atoms with Crippen LogP contribution in [0.15, 0.2) is 48.5 Å². The molecule has 0 saturated carbocycles. The van der Waals surface area contributed by atoms with Crippen molar-refractivity contribution in [2.24, 2.45) is 5.92 Å². The Bertz CT molecular complexity index is 1360. The first-order chi connectivity index (χ1) is 18.9. The van der Waals surface area contributed by atoms with Crippen LogP contribution in [0.2, 0.25) is 5.02 Å². The van der Waals surface area contributed by atoms with Gasteiger partial charge in [0.15, 0.2) is 0 Å². The van der Waals surface area contributed by atoms with Gasteiger partial charge in [-0.15, -0.1) is 0 Å². The van der Waals surface area contributed by atoms with Crippen LogP contribution in [0.3, 0.4) is 0 Å². The van der Waals surface area contributed by atoms with Crippen LogP contribution in [0.5, 0.6) is 0 Å². The maximum absolute atomic E-state index is 13.9. The van der Waals surface area contributed by atoms with E-state index in [0.717, 1.165) is 86.2 Å². The fourth-order valence-corrected chi connectivity index (χ4v) is 7.55. The molecule has 0 spiro atoms. The van der Waals surface area contributed by atoms with E-state index < -0.39 is 0 Å². The molecule has 6 rings (SSSR count). The number of carbonyl (C=O) groups excluding carboxylic acids is 2. The number of aryl methyl sites for hydroxylation is 1. The third-order valence-corrected chi connectivity index (χ3v) is 9.85. The Morgan fingerprint density at radius 3 is 2.46 bits per heavy atom. The number of likely N-dealkylation sites (tertiary alicyclic amines) is 2. The summed E-state index contributed by atoms with van der Waals surface area (Å²) in [4.78, 5) is 37.5. The number of aromatic amines is 1.